The molecule has 3 aromatic rings. The fourth-order valence-corrected chi connectivity index (χ4v) is 4.46. The van der Waals surface area contributed by atoms with Crippen LogP contribution in [-0.2, 0) is 6.54 Å². The highest BCUT2D eigenvalue weighted by Gasteiger charge is 2.14. The number of aromatic nitrogens is 1. The van der Waals surface area contributed by atoms with Crippen molar-refractivity contribution in [2.24, 2.45) is 0 Å². The van der Waals surface area contributed by atoms with Gasteiger partial charge in [-0.1, -0.05) is 23.7 Å². The van der Waals surface area contributed by atoms with Crippen LogP contribution < -0.4 is 25.4 Å². The molecule has 3 amide bonds. The van der Waals surface area contributed by atoms with Crippen molar-refractivity contribution in [1.29, 1.82) is 0 Å². The van der Waals surface area contributed by atoms with Gasteiger partial charge in [-0.2, -0.15) is 0 Å². The number of nitrogens with zero attached hydrogens (tertiary/aromatic N) is 2. The fraction of sp³-hybridized carbons (Fsp3) is 0.345. The number of hydrogen-bond donors (Lipinski definition) is 3. The highest BCUT2D eigenvalue weighted by molar-refractivity contribution is 6.31. The number of likely N-dealkylation sites (tertiary alicyclic amines) is 1. The third kappa shape index (κ3) is 7.84. The average molecular weight is 552 g/mol. The number of carbonyl (C=O) groups is 2. The number of amides is 3. The summed E-state index contributed by atoms with van der Waals surface area (Å²) < 4.78 is 11.9. The van der Waals surface area contributed by atoms with E-state index in [1.807, 2.05) is 38.1 Å². The van der Waals surface area contributed by atoms with Crippen LogP contribution in [0, 0.1) is 13.8 Å². The molecule has 1 fully saturated rings. The van der Waals surface area contributed by atoms with Crippen molar-refractivity contribution in [2.45, 2.75) is 33.2 Å². The van der Waals surface area contributed by atoms with Gasteiger partial charge in [0.15, 0.2) is 0 Å². The van der Waals surface area contributed by atoms with Crippen LogP contribution in [0.5, 0.6) is 17.2 Å². The standard InChI is InChI=1S/C29H34ClN5O4/c1-19-15-24(27(17-23(19)30)38-13-12-35-10-4-5-11-35)34-29(37)33-18-21-6-7-26(20(2)14-21)39-22-8-9-32-25(16-22)28(36)31-3/h6-9,14-17H,4-5,10-13,18H2,1-3H3,(H,31,36)(H2,33,34,37). The maximum absolute atomic E-state index is 12.7. The van der Waals surface area contributed by atoms with Crippen LogP contribution in [0.2, 0.25) is 5.02 Å². The number of carbonyl (C=O) groups excluding carboxylic acids is 2. The van der Waals surface area contributed by atoms with E-state index in [4.69, 9.17) is 21.1 Å². The minimum absolute atomic E-state index is 0.274. The SMILES string of the molecule is CNC(=O)c1cc(Oc2ccc(CNC(=O)Nc3cc(C)c(Cl)cc3OCCN3CCCC3)cc2C)ccn1. The third-order valence-corrected chi connectivity index (χ3v) is 6.89. The second-order valence-electron chi connectivity index (χ2n) is 9.46. The van der Waals surface area contributed by atoms with Gasteiger partial charge in [0.2, 0.25) is 0 Å². The smallest absolute Gasteiger partial charge is 0.319 e. The van der Waals surface area contributed by atoms with Gasteiger partial charge in [-0.25, -0.2) is 4.79 Å². The van der Waals surface area contributed by atoms with E-state index in [1.54, 1.807) is 25.2 Å². The van der Waals surface area contributed by atoms with Crippen LogP contribution in [-0.4, -0.2) is 55.1 Å². The van der Waals surface area contributed by atoms with E-state index < -0.39 is 0 Å². The van der Waals surface area contributed by atoms with Crippen molar-refractivity contribution in [1.82, 2.24) is 20.5 Å². The summed E-state index contributed by atoms with van der Waals surface area (Å²) in [5.74, 6) is 1.41. The first kappa shape index (κ1) is 28.2. The summed E-state index contributed by atoms with van der Waals surface area (Å²) >= 11 is 6.33. The molecule has 9 nitrogen and oxygen atoms in total. The van der Waals surface area contributed by atoms with E-state index in [0.717, 1.165) is 36.3 Å². The molecule has 10 heteroatoms. The lowest BCUT2D eigenvalue weighted by Crippen LogP contribution is -2.29. The van der Waals surface area contributed by atoms with Crippen LogP contribution in [0.4, 0.5) is 10.5 Å². The van der Waals surface area contributed by atoms with Crippen LogP contribution in [0.25, 0.3) is 0 Å². The van der Waals surface area contributed by atoms with E-state index in [1.165, 1.54) is 19.0 Å². The van der Waals surface area contributed by atoms with Gasteiger partial charge in [-0.05, 0) is 74.7 Å². The molecule has 0 bridgehead atoms. The molecular weight excluding hydrogens is 518 g/mol. The van der Waals surface area contributed by atoms with Crippen molar-refractivity contribution in [3.8, 4) is 17.2 Å². The van der Waals surface area contributed by atoms with Gasteiger partial charge in [0.05, 0.1) is 5.69 Å². The number of nitrogens with one attached hydrogen (secondary N) is 3. The van der Waals surface area contributed by atoms with Gasteiger partial charge in [-0.3, -0.25) is 14.7 Å². The Morgan fingerprint density at radius 2 is 1.82 bits per heavy atom. The van der Waals surface area contributed by atoms with Crippen molar-refractivity contribution in [2.75, 3.05) is 38.6 Å². The lowest BCUT2D eigenvalue weighted by Gasteiger charge is -2.18. The van der Waals surface area contributed by atoms with Crippen LogP contribution in [0.15, 0.2) is 48.7 Å². The molecule has 0 atom stereocenters. The number of benzene rings is 2. The lowest BCUT2D eigenvalue weighted by molar-refractivity contribution is 0.0957. The molecule has 1 aromatic heterocycles. The van der Waals surface area contributed by atoms with E-state index in [-0.39, 0.29) is 17.6 Å². The van der Waals surface area contributed by atoms with Crippen LogP contribution in [0.1, 0.15) is 40.0 Å². The van der Waals surface area contributed by atoms with Crippen molar-refractivity contribution in [3.63, 3.8) is 0 Å². The Labute approximate surface area is 233 Å². The summed E-state index contributed by atoms with van der Waals surface area (Å²) in [6.45, 7) is 7.68. The Morgan fingerprint density at radius 1 is 1.03 bits per heavy atom. The number of rotatable bonds is 10. The number of ether oxygens (including phenoxy) is 2. The monoisotopic (exact) mass is 551 g/mol. The maximum atomic E-state index is 12.7. The molecule has 0 spiro atoms. The summed E-state index contributed by atoms with van der Waals surface area (Å²) in [4.78, 5) is 31.0. The third-order valence-electron chi connectivity index (χ3n) is 6.48. The zero-order valence-electron chi connectivity index (χ0n) is 22.5. The van der Waals surface area contributed by atoms with Crippen LogP contribution in [0.3, 0.4) is 0 Å². The molecule has 206 valence electrons. The Bertz CT molecular complexity index is 1330. The topological polar surface area (TPSA) is 105 Å². The Hall–Kier alpha value is -3.82. The number of halogens is 1. The largest absolute Gasteiger partial charge is 0.490 e. The van der Waals surface area contributed by atoms with Gasteiger partial charge in [0.25, 0.3) is 5.91 Å². The van der Waals surface area contributed by atoms with E-state index in [0.29, 0.717) is 41.1 Å². The predicted molar refractivity (Wildman–Crippen MR) is 152 cm³/mol. The molecule has 1 aliphatic rings. The van der Waals surface area contributed by atoms with Crippen LogP contribution >= 0.6 is 11.6 Å². The van der Waals surface area contributed by atoms with Gasteiger partial charge in [-0.15, -0.1) is 0 Å². The molecule has 0 saturated carbocycles. The van der Waals surface area contributed by atoms with Gasteiger partial charge in [0.1, 0.15) is 29.5 Å². The Morgan fingerprint density at radius 3 is 2.56 bits per heavy atom. The van der Waals surface area contributed by atoms with Gasteiger partial charge in [0, 0.05) is 43.5 Å². The molecule has 3 N–H and O–H groups in total. The molecule has 1 aliphatic heterocycles. The first-order valence-electron chi connectivity index (χ1n) is 13.0. The summed E-state index contributed by atoms with van der Waals surface area (Å²) in [5.41, 5.74) is 3.49. The number of pyridine rings is 1. The van der Waals surface area contributed by atoms with Gasteiger partial charge >= 0.3 is 6.03 Å². The lowest BCUT2D eigenvalue weighted by atomic mass is 10.1. The van der Waals surface area contributed by atoms with E-state index in [2.05, 4.69) is 25.8 Å². The molecule has 2 heterocycles. The molecule has 1 saturated heterocycles. The molecular formula is C29H34ClN5O4. The van der Waals surface area contributed by atoms with E-state index in [9.17, 15) is 9.59 Å². The average Bonchev–Trinajstić information content (AvgIpc) is 3.45. The number of anilines is 1. The van der Waals surface area contributed by atoms with E-state index >= 15 is 0 Å². The number of hydrogen-bond acceptors (Lipinski definition) is 6. The fourth-order valence-electron chi connectivity index (χ4n) is 4.31. The summed E-state index contributed by atoms with van der Waals surface area (Å²) in [6.07, 6.45) is 3.98. The number of urea groups is 1. The van der Waals surface area contributed by atoms with Crippen molar-refractivity contribution < 1.29 is 19.1 Å². The van der Waals surface area contributed by atoms with Gasteiger partial charge < -0.3 is 25.4 Å². The molecule has 4 rings (SSSR count). The normalized spacial score (nSPS) is 13.1. The zero-order chi connectivity index (χ0) is 27.8. The quantitative estimate of drug-likeness (QED) is 0.316. The highest BCUT2D eigenvalue weighted by Crippen LogP contribution is 2.31. The summed E-state index contributed by atoms with van der Waals surface area (Å²) in [5, 5.41) is 8.92. The first-order chi connectivity index (χ1) is 18.8. The summed E-state index contributed by atoms with van der Waals surface area (Å²) in [6, 6.07) is 12.1. The molecule has 0 aliphatic carbocycles. The molecule has 2 aromatic carbocycles. The molecule has 39 heavy (non-hydrogen) atoms. The maximum Gasteiger partial charge on any atom is 0.319 e. The Balaban J connectivity index is 1.33. The highest BCUT2D eigenvalue weighted by atomic mass is 35.5. The predicted octanol–water partition coefficient (Wildman–Crippen LogP) is 5.30. The minimum Gasteiger partial charge on any atom is -0.490 e. The second-order valence-corrected chi connectivity index (χ2v) is 9.87. The number of aryl methyl sites for hydroxylation is 2. The van der Waals surface area contributed by atoms with Crippen molar-refractivity contribution >= 4 is 29.2 Å². The second kappa shape index (κ2) is 13.3. The van der Waals surface area contributed by atoms with Crippen molar-refractivity contribution in [3.05, 3.63) is 76.1 Å². The molecule has 0 radical (unpaired) electrons. The first-order valence-corrected chi connectivity index (χ1v) is 13.4. The minimum atomic E-state index is -0.349. The zero-order valence-corrected chi connectivity index (χ0v) is 23.2. The Kier molecular flexibility index (Phi) is 9.62. The summed E-state index contributed by atoms with van der Waals surface area (Å²) in [7, 11) is 1.55. The molecule has 0 unspecified atom stereocenters.